The third-order valence-electron chi connectivity index (χ3n) is 2.60. The van der Waals surface area contributed by atoms with E-state index in [0.717, 1.165) is 0 Å². The van der Waals surface area contributed by atoms with Crippen molar-refractivity contribution >= 4 is 12.0 Å². The third-order valence-corrected chi connectivity index (χ3v) is 2.60. The Hall–Kier alpha value is -1.81. The Kier molecular flexibility index (Phi) is 9.18. The van der Waals surface area contributed by atoms with E-state index in [4.69, 9.17) is 15.1 Å². The maximum Gasteiger partial charge on any atom is 0.326 e. The van der Waals surface area contributed by atoms with Crippen LogP contribution in [0.25, 0.3) is 0 Å². The second-order valence-electron chi connectivity index (χ2n) is 3.96. The number of rotatable bonds is 9. The SMILES string of the molecule is CCN(CCC#N)C(=O)NC(CCCOC)C(=O)O. The van der Waals surface area contributed by atoms with Gasteiger partial charge in [0, 0.05) is 26.8 Å². The molecule has 19 heavy (non-hydrogen) atoms. The lowest BCUT2D eigenvalue weighted by Gasteiger charge is -2.23. The number of carboxylic acid groups (broad SMARTS) is 1. The minimum Gasteiger partial charge on any atom is -0.480 e. The summed E-state index contributed by atoms with van der Waals surface area (Å²) in [7, 11) is 1.54. The van der Waals surface area contributed by atoms with Gasteiger partial charge in [0.15, 0.2) is 0 Å². The van der Waals surface area contributed by atoms with Crippen molar-refractivity contribution < 1.29 is 19.4 Å². The normalized spacial score (nSPS) is 11.4. The van der Waals surface area contributed by atoms with E-state index in [1.54, 1.807) is 6.92 Å². The van der Waals surface area contributed by atoms with Crippen molar-refractivity contribution in [2.24, 2.45) is 0 Å². The van der Waals surface area contributed by atoms with E-state index >= 15 is 0 Å². The summed E-state index contributed by atoms with van der Waals surface area (Å²) in [5.41, 5.74) is 0. The van der Waals surface area contributed by atoms with Crippen molar-refractivity contribution in [2.75, 3.05) is 26.8 Å². The molecule has 0 aliphatic rings. The summed E-state index contributed by atoms with van der Waals surface area (Å²) >= 11 is 0. The molecule has 0 bridgehead atoms. The number of urea groups is 1. The topological polar surface area (TPSA) is 103 Å². The summed E-state index contributed by atoms with van der Waals surface area (Å²) in [4.78, 5) is 24.3. The summed E-state index contributed by atoms with van der Waals surface area (Å²) in [5.74, 6) is -1.07. The van der Waals surface area contributed by atoms with Crippen molar-refractivity contribution in [3.63, 3.8) is 0 Å². The van der Waals surface area contributed by atoms with Crippen LogP contribution in [-0.4, -0.2) is 54.9 Å². The number of carboxylic acids is 1. The quantitative estimate of drug-likeness (QED) is 0.604. The van der Waals surface area contributed by atoms with Crippen LogP contribution in [0.15, 0.2) is 0 Å². The van der Waals surface area contributed by atoms with Gasteiger partial charge in [0.05, 0.1) is 12.5 Å². The average Bonchev–Trinajstić information content (AvgIpc) is 2.38. The first kappa shape index (κ1) is 17.2. The molecule has 0 aliphatic carbocycles. The van der Waals surface area contributed by atoms with Crippen LogP contribution in [0, 0.1) is 11.3 Å². The van der Waals surface area contributed by atoms with Crippen molar-refractivity contribution in [3.05, 3.63) is 0 Å². The van der Waals surface area contributed by atoms with Crippen molar-refractivity contribution in [1.29, 1.82) is 5.26 Å². The Morgan fingerprint density at radius 3 is 2.68 bits per heavy atom. The Morgan fingerprint density at radius 1 is 1.53 bits per heavy atom. The smallest absolute Gasteiger partial charge is 0.326 e. The zero-order chi connectivity index (χ0) is 14.7. The zero-order valence-electron chi connectivity index (χ0n) is 11.4. The minimum atomic E-state index is -1.07. The lowest BCUT2D eigenvalue weighted by molar-refractivity contribution is -0.139. The molecular weight excluding hydrogens is 250 g/mol. The van der Waals surface area contributed by atoms with Crippen molar-refractivity contribution in [1.82, 2.24) is 10.2 Å². The number of hydrogen-bond acceptors (Lipinski definition) is 4. The second-order valence-corrected chi connectivity index (χ2v) is 3.96. The number of ether oxygens (including phenoxy) is 1. The first-order valence-electron chi connectivity index (χ1n) is 6.20. The number of methoxy groups -OCH3 is 1. The molecule has 0 aromatic rings. The van der Waals surface area contributed by atoms with Crippen molar-refractivity contribution in [3.8, 4) is 6.07 Å². The Labute approximate surface area is 113 Å². The molecule has 0 radical (unpaired) electrons. The maximum atomic E-state index is 11.8. The summed E-state index contributed by atoms with van der Waals surface area (Å²) in [5, 5.41) is 20.0. The molecule has 0 aromatic carbocycles. The molecule has 0 fully saturated rings. The van der Waals surface area contributed by atoms with E-state index in [2.05, 4.69) is 5.32 Å². The third kappa shape index (κ3) is 7.26. The van der Waals surface area contributed by atoms with E-state index in [1.165, 1.54) is 12.0 Å². The van der Waals surface area contributed by atoms with E-state index in [0.29, 0.717) is 32.5 Å². The summed E-state index contributed by atoms with van der Waals surface area (Å²) < 4.78 is 4.85. The molecule has 1 unspecified atom stereocenters. The van der Waals surface area contributed by atoms with Crippen LogP contribution in [0.4, 0.5) is 4.79 Å². The highest BCUT2D eigenvalue weighted by Crippen LogP contribution is 2.01. The predicted molar refractivity (Wildman–Crippen MR) is 68.5 cm³/mol. The molecule has 0 aliphatic heterocycles. The molecule has 0 rings (SSSR count). The number of hydrogen-bond donors (Lipinski definition) is 2. The van der Waals surface area contributed by atoms with Gasteiger partial charge in [-0.2, -0.15) is 5.26 Å². The summed E-state index contributed by atoms with van der Waals surface area (Å²) in [6.07, 6.45) is 1.09. The molecule has 0 saturated heterocycles. The van der Waals surface area contributed by atoms with Crippen LogP contribution >= 0.6 is 0 Å². The van der Waals surface area contributed by atoms with Crippen LogP contribution in [0.2, 0.25) is 0 Å². The number of nitrogens with zero attached hydrogens (tertiary/aromatic N) is 2. The van der Waals surface area contributed by atoms with Gasteiger partial charge >= 0.3 is 12.0 Å². The van der Waals surface area contributed by atoms with Gasteiger partial charge in [-0.3, -0.25) is 0 Å². The molecule has 2 N–H and O–H groups in total. The lowest BCUT2D eigenvalue weighted by atomic mass is 10.1. The molecular formula is C12H21N3O4. The van der Waals surface area contributed by atoms with Gasteiger partial charge in [-0.05, 0) is 19.8 Å². The van der Waals surface area contributed by atoms with E-state index in [1.807, 2.05) is 6.07 Å². The first-order chi connectivity index (χ1) is 9.06. The van der Waals surface area contributed by atoms with Gasteiger partial charge in [0.2, 0.25) is 0 Å². The molecule has 1 atom stereocenters. The number of nitriles is 1. The lowest BCUT2D eigenvalue weighted by Crippen LogP contribution is -2.48. The Balaban J connectivity index is 4.35. The van der Waals surface area contributed by atoms with Crippen LogP contribution in [0.5, 0.6) is 0 Å². The van der Waals surface area contributed by atoms with Crippen LogP contribution in [0.1, 0.15) is 26.2 Å². The zero-order valence-corrected chi connectivity index (χ0v) is 11.4. The number of carbonyl (C=O) groups is 2. The predicted octanol–water partition coefficient (Wildman–Crippen LogP) is 0.811. The van der Waals surface area contributed by atoms with Gasteiger partial charge < -0.3 is 20.1 Å². The maximum absolute atomic E-state index is 11.8. The van der Waals surface area contributed by atoms with Crippen LogP contribution in [-0.2, 0) is 9.53 Å². The number of amides is 2. The van der Waals surface area contributed by atoms with Crippen LogP contribution in [0.3, 0.4) is 0 Å². The number of nitrogens with one attached hydrogen (secondary N) is 1. The first-order valence-corrected chi connectivity index (χ1v) is 6.20. The van der Waals surface area contributed by atoms with Crippen LogP contribution < -0.4 is 5.32 Å². The fraction of sp³-hybridized carbons (Fsp3) is 0.750. The van der Waals surface area contributed by atoms with Gasteiger partial charge in [-0.15, -0.1) is 0 Å². The Morgan fingerprint density at radius 2 is 2.21 bits per heavy atom. The van der Waals surface area contributed by atoms with Gasteiger partial charge in [-0.1, -0.05) is 0 Å². The highest BCUT2D eigenvalue weighted by Gasteiger charge is 2.21. The fourth-order valence-corrected chi connectivity index (χ4v) is 1.52. The highest BCUT2D eigenvalue weighted by molar-refractivity contribution is 5.82. The van der Waals surface area contributed by atoms with Gasteiger partial charge in [0.1, 0.15) is 6.04 Å². The number of aliphatic carboxylic acids is 1. The van der Waals surface area contributed by atoms with E-state index in [-0.39, 0.29) is 6.42 Å². The second kappa shape index (κ2) is 10.1. The summed E-state index contributed by atoms with van der Waals surface area (Å²) in [6, 6.07) is 0.563. The van der Waals surface area contributed by atoms with Crippen molar-refractivity contribution in [2.45, 2.75) is 32.2 Å². The monoisotopic (exact) mass is 271 g/mol. The molecule has 108 valence electrons. The molecule has 0 aromatic heterocycles. The van der Waals surface area contributed by atoms with Gasteiger partial charge in [0.25, 0.3) is 0 Å². The molecule has 7 nitrogen and oxygen atoms in total. The van der Waals surface area contributed by atoms with E-state index < -0.39 is 18.0 Å². The number of carbonyl (C=O) groups excluding carboxylic acids is 1. The molecule has 0 spiro atoms. The molecule has 0 saturated carbocycles. The largest absolute Gasteiger partial charge is 0.480 e. The fourth-order valence-electron chi connectivity index (χ4n) is 1.52. The molecule has 0 heterocycles. The van der Waals surface area contributed by atoms with E-state index in [9.17, 15) is 9.59 Å². The molecule has 7 heteroatoms. The summed E-state index contributed by atoms with van der Waals surface area (Å²) in [6.45, 7) is 2.95. The highest BCUT2D eigenvalue weighted by atomic mass is 16.5. The van der Waals surface area contributed by atoms with Gasteiger partial charge in [-0.25, -0.2) is 9.59 Å². The minimum absolute atomic E-state index is 0.225. The standard InChI is InChI=1S/C12H21N3O4/c1-3-15(8-5-7-13)12(18)14-10(11(16)17)6-4-9-19-2/h10H,3-6,8-9H2,1-2H3,(H,14,18)(H,16,17). The Bertz CT molecular complexity index is 327. The molecule has 2 amide bonds. The average molecular weight is 271 g/mol.